The molecule has 1 aliphatic carbocycles. The monoisotopic (exact) mass is 430 g/mol. The van der Waals surface area contributed by atoms with Crippen LogP contribution in [0.3, 0.4) is 0 Å². The molecule has 0 aromatic heterocycles. The molecule has 6 heteroatoms. The van der Waals surface area contributed by atoms with Crippen molar-refractivity contribution >= 4 is 0 Å². The molecule has 0 aliphatic heterocycles. The lowest BCUT2D eigenvalue weighted by Crippen LogP contribution is -2.37. The third-order valence-electron chi connectivity index (χ3n) is 5.62. The highest BCUT2D eigenvalue weighted by Crippen LogP contribution is 2.30. The number of hydrogen-bond acceptors (Lipinski definition) is 6. The Bertz CT molecular complexity index is 425. The lowest BCUT2D eigenvalue weighted by Gasteiger charge is -2.31. The molecular formula is C24H46O6. The van der Waals surface area contributed by atoms with Gasteiger partial charge in [-0.1, -0.05) is 50.5 Å². The lowest BCUT2D eigenvalue weighted by molar-refractivity contribution is -0.515. The minimum Gasteiger partial charge on any atom is -0.251 e. The SMILES string of the molecule is C=C(C)CCCOOC1(OOCCCC(C)(C)OO)CCCCCCCCCCC1. The van der Waals surface area contributed by atoms with Crippen LogP contribution in [0.5, 0.6) is 0 Å². The van der Waals surface area contributed by atoms with Crippen LogP contribution in [0.15, 0.2) is 12.2 Å². The predicted molar refractivity (Wildman–Crippen MR) is 119 cm³/mol. The van der Waals surface area contributed by atoms with Crippen molar-refractivity contribution < 1.29 is 29.7 Å². The lowest BCUT2D eigenvalue weighted by atomic mass is 9.97. The molecule has 1 N–H and O–H groups in total. The fourth-order valence-electron chi connectivity index (χ4n) is 3.67. The fourth-order valence-corrected chi connectivity index (χ4v) is 3.67. The Balaban J connectivity index is 2.57. The molecule has 30 heavy (non-hydrogen) atoms. The van der Waals surface area contributed by atoms with Crippen LogP contribution < -0.4 is 0 Å². The minimum absolute atomic E-state index is 0.410. The van der Waals surface area contributed by atoms with E-state index in [4.69, 9.17) is 24.8 Å². The summed E-state index contributed by atoms with van der Waals surface area (Å²) in [6.07, 6.45) is 15.6. The van der Waals surface area contributed by atoms with Gasteiger partial charge in [-0.15, -0.1) is 6.58 Å². The first-order chi connectivity index (χ1) is 14.4. The number of hydrogen-bond donors (Lipinski definition) is 1. The summed E-state index contributed by atoms with van der Waals surface area (Å²) >= 11 is 0. The number of allylic oxidation sites excluding steroid dienone is 1. The second kappa shape index (κ2) is 16.2. The van der Waals surface area contributed by atoms with Gasteiger partial charge in [0.2, 0.25) is 5.79 Å². The maximum atomic E-state index is 8.91. The van der Waals surface area contributed by atoms with Gasteiger partial charge in [-0.3, -0.25) is 5.26 Å². The van der Waals surface area contributed by atoms with E-state index in [2.05, 4.69) is 11.5 Å². The summed E-state index contributed by atoms with van der Waals surface area (Å²) in [4.78, 5) is 27.4. The molecule has 1 saturated carbocycles. The van der Waals surface area contributed by atoms with E-state index in [1.165, 1.54) is 44.9 Å². The van der Waals surface area contributed by atoms with Crippen molar-refractivity contribution in [3.8, 4) is 0 Å². The summed E-state index contributed by atoms with van der Waals surface area (Å²) < 4.78 is 0. The van der Waals surface area contributed by atoms with E-state index in [-0.39, 0.29) is 0 Å². The summed E-state index contributed by atoms with van der Waals surface area (Å²) in [5, 5.41) is 8.91. The van der Waals surface area contributed by atoms with Gasteiger partial charge >= 0.3 is 0 Å². The molecule has 0 saturated heterocycles. The first kappa shape index (κ1) is 27.5. The van der Waals surface area contributed by atoms with Crippen molar-refractivity contribution in [3.63, 3.8) is 0 Å². The summed E-state index contributed by atoms with van der Waals surface area (Å²) in [7, 11) is 0. The Morgan fingerprint density at radius 1 is 0.833 bits per heavy atom. The van der Waals surface area contributed by atoms with Crippen LogP contribution >= 0.6 is 0 Å². The molecule has 1 rings (SSSR count). The fraction of sp³-hybridized carbons (Fsp3) is 0.917. The number of rotatable bonds is 13. The molecule has 0 bridgehead atoms. The van der Waals surface area contributed by atoms with Crippen molar-refractivity contribution in [1.82, 2.24) is 0 Å². The normalized spacial score (nSPS) is 19.1. The van der Waals surface area contributed by atoms with Crippen LogP contribution in [0.1, 0.15) is 117 Å². The van der Waals surface area contributed by atoms with Gasteiger partial charge in [0.05, 0.1) is 18.8 Å². The average Bonchev–Trinajstić information content (AvgIpc) is 2.69. The molecule has 0 amide bonds. The van der Waals surface area contributed by atoms with E-state index < -0.39 is 11.4 Å². The molecule has 0 unspecified atom stereocenters. The van der Waals surface area contributed by atoms with Crippen molar-refractivity contribution in [1.29, 1.82) is 0 Å². The van der Waals surface area contributed by atoms with Crippen LogP contribution in [-0.2, 0) is 24.4 Å². The Morgan fingerprint density at radius 2 is 1.30 bits per heavy atom. The van der Waals surface area contributed by atoms with Crippen molar-refractivity contribution in [2.24, 2.45) is 0 Å². The molecule has 0 atom stereocenters. The van der Waals surface area contributed by atoms with Crippen LogP contribution in [0.2, 0.25) is 0 Å². The largest absolute Gasteiger partial charge is 0.251 e. The van der Waals surface area contributed by atoms with E-state index in [1.54, 1.807) is 0 Å². The van der Waals surface area contributed by atoms with E-state index in [9.17, 15) is 0 Å². The Morgan fingerprint density at radius 3 is 1.77 bits per heavy atom. The summed E-state index contributed by atoms with van der Waals surface area (Å²) in [5.74, 6) is -0.856. The van der Waals surface area contributed by atoms with Gasteiger partial charge < -0.3 is 0 Å². The van der Waals surface area contributed by atoms with Crippen LogP contribution in [0.4, 0.5) is 0 Å². The average molecular weight is 431 g/mol. The third kappa shape index (κ3) is 13.7. The quantitative estimate of drug-likeness (QED) is 0.109. The molecule has 1 aliphatic rings. The van der Waals surface area contributed by atoms with Gasteiger partial charge in [-0.05, 0) is 59.3 Å². The highest BCUT2D eigenvalue weighted by atomic mass is 17.3. The molecule has 6 nitrogen and oxygen atoms in total. The third-order valence-corrected chi connectivity index (χ3v) is 5.62. The van der Waals surface area contributed by atoms with Crippen molar-refractivity contribution in [3.05, 3.63) is 12.2 Å². The van der Waals surface area contributed by atoms with Gasteiger partial charge in [0.1, 0.15) is 0 Å². The standard InChI is InChI=1S/C24H46O6/c1-22(2)16-14-20-26-29-24(30-27-21-15-17-23(3,4)28-25)18-12-10-8-6-5-7-9-11-13-19-24/h25H,1,5-21H2,2-4H3. The van der Waals surface area contributed by atoms with Crippen LogP contribution in [-0.4, -0.2) is 29.9 Å². The molecule has 0 radical (unpaired) electrons. The van der Waals surface area contributed by atoms with Gasteiger partial charge in [-0.25, -0.2) is 14.7 Å². The van der Waals surface area contributed by atoms with Gasteiger partial charge in [0, 0.05) is 12.8 Å². The topological polar surface area (TPSA) is 66.4 Å². The molecule has 178 valence electrons. The Kier molecular flexibility index (Phi) is 14.8. The van der Waals surface area contributed by atoms with E-state index in [0.717, 1.165) is 44.1 Å². The molecule has 1 fully saturated rings. The highest BCUT2D eigenvalue weighted by molar-refractivity contribution is 4.86. The molecule has 0 heterocycles. The second-order valence-corrected chi connectivity index (χ2v) is 9.42. The predicted octanol–water partition coefficient (Wildman–Crippen LogP) is 7.29. The van der Waals surface area contributed by atoms with Crippen molar-refractivity contribution in [2.75, 3.05) is 13.2 Å². The zero-order valence-corrected chi connectivity index (χ0v) is 19.7. The van der Waals surface area contributed by atoms with Crippen LogP contribution in [0.25, 0.3) is 0 Å². The van der Waals surface area contributed by atoms with Crippen molar-refractivity contribution in [2.45, 2.75) is 128 Å². The molecule has 0 spiro atoms. The van der Waals surface area contributed by atoms with Gasteiger partial charge in [-0.2, -0.15) is 9.78 Å². The maximum Gasteiger partial charge on any atom is 0.233 e. The first-order valence-corrected chi connectivity index (χ1v) is 12.0. The first-order valence-electron chi connectivity index (χ1n) is 12.0. The zero-order chi connectivity index (χ0) is 22.1. The van der Waals surface area contributed by atoms with E-state index >= 15 is 0 Å². The summed E-state index contributed by atoms with van der Waals surface area (Å²) in [6.45, 7) is 10.6. The van der Waals surface area contributed by atoms with E-state index in [0.29, 0.717) is 26.1 Å². The molecular weight excluding hydrogens is 384 g/mol. The van der Waals surface area contributed by atoms with Crippen LogP contribution in [0, 0.1) is 0 Å². The van der Waals surface area contributed by atoms with Gasteiger partial charge in [0.15, 0.2) is 0 Å². The second-order valence-electron chi connectivity index (χ2n) is 9.42. The summed E-state index contributed by atoms with van der Waals surface area (Å²) in [6, 6.07) is 0. The minimum atomic E-state index is -0.856. The molecule has 0 aromatic rings. The highest BCUT2D eigenvalue weighted by Gasteiger charge is 2.35. The Hall–Kier alpha value is -0.500. The molecule has 0 aromatic carbocycles. The summed E-state index contributed by atoms with van der Waals surface area (Å²) in [5.41, 5.74) is 0.561. The van der Waals surface area contributed by atoms with Gasteiger partial charge in [0.25, 0.3) is 0 Å². The maximum absolute atomic E-state index is 8.91. The zero-order valence-electron chi connectivity index (χ0n) is 19.7. The van der Waals surface area contributed by atoms with E-state index in [1.807, 2.05) is 20.8 Å². The smallest absolute Gasteiger partial charge is 0.233 e. The Labute approximate surface area is 184 Å².